The summed E-state index contributed by atoms with van der Waals surface area (Å²) in [6, 6.07) is 9.79. The lowest BCUT2D eigenvalue weighted by Gasteiger charge is -2.02. The zero-order valence-corrected chi connectivity index (χ0v) is 14.7. The van der Waals surface area contributed by atoms with Crippen molar-refractivity contribution in [2.75, 3.05) is 13.7 Å². The zero-order valence-electron chi connectivity index (χ0n) is 14.7. The Morgan fingerprint density at radius 3 is 2.36 bits per heavy atom. The predicted octanol–water partition coefficient (Wildman–Crippen LogP) is 3.28. The topological polar surface area (TPSA) is 122 Å². The van der Waals surface area contributed by atoms with E-state index in [1.165, 1.54) is 19.3 Å². The number of benzene rings is 2. The molecule has 0 aliphatic carbocycles. The van der Waals surface area contributed by atoms with Gasteiger partial charge in [0, 0.05) is 12.1 Å². The van der Waals surface area contributed by atoms with E-state index < -0.39 is 27.2 Å². The Hall–Kier alpha value is -4.19. The normalized spacial score (nSPS) is 10.0. The third-order valence-electron chi connectivity index (χ3n) is 3.39. The molecule has 2 rings (SSSR count). The first kappa shape index (κ1) is 20.1. The lowest BCUT2D eigenvalue weighted by Crippen LogP contribution is -2.06. The summed E-state index contributed by atoms with van der Waals surface area (Å²) >= 11 is 0. The van der Waals surface area contributed by atoms with Crippen molar-refractivity contribution < 1.29 is 24.1 Å². The predicted molar refractivity (Wildman–Crippen MR) is 99.0 cm³/mol. The van der Waals surface area contributed by atoms with Crippen molar-refractivity contribution in [1.82, 2.24) is 0 Å². The number of carbonyl (C=O) groups is 1. The number of rotatable bonds is 6. The largest absolute Gasteiger partial charge is 0.495 e. The molecule has 0 amide bonds. The van der Waals surface area contributed by atoms with Crippen molar-refractivity contribution in [2.45, 2.75) is 0 Å². The molecule has 0 heterocycles. The number of ether oxygens (including phenoxy) is 2. The molecule has 9 nitrogen and oxygen atoms in total. The monoisotopic (exact) mass is 382 g/mol. The fourth-order valence-electron chi connectivity index (χ4n) is 2.11. The molecular formula is C19H14N2O7. The Labute approximate surface area is 159 Å². The molecule has 0 fully saturated rings. The molecule has 2 aromatic carbocycles. The molecule has 0 atom stereocenters. The summed E-state index contributed by atoms with van der Waals surface area (Å²) in [5.74, 6) is 5.33. The van der Waals surface area contributed by atoms with Crippen LogP contribution in [-0.4, -0.2) is 29.5 Å². The molecule has 142 valence electrons. The van der Waals surface area contributed by atoms with Gasteiger partial charge < -0.3 is 9.47 Å². The fourth-order valence-corrected chi connectivity index (χ4v) is 2.11. The van der Waals surface area contributed by atoms with Crippen LogP contribution in [0.3, 0.4) is 0 Å². The van der Waals surface area contributed by atoms with Crippen LogP contribution in [0.15, 0.2) is 54.6 Å². The van der Waals surface area contributed by atoms with Crippen LogP contribution >= 0.6 is 0 Å². The summed E-state index contributed by atoms with van der Waals surface area (Å²) in [6.45, 7) is -0.157. The second-order valence-corrected chi connectivity index (χ2v) is 5.22. The van der Waals surface area contributed by atoms with Crippen molar-refractivity contribution in [3.63, 3.8) is 0 Å². The van der Waals surface area contributed by atoms with E-state index in [0.717, 1.165) is 18.2 Å². The number of non-ortho nitro benzene ring substituents is 2. The van der Waals surface area contributed by atoms with Crippen molar-refractivity contribution in [1.29, 1.82) is 0 Å². The van der Waals surface area contributed by atoms with E-state index in [1.807, 2.05) is 12.1 Å². The summed E-state index contributed by atoms with van der Waals surface area (Å²) in [6.07, 6.45) is 2.93. The van der Waals surface area contributed by atoms with Crippen LogP contribution in [0, 0.1) is 32.1 Å². The molecule has 0 aliphatic rings. The van der Waals surface area contributed by atoms with Crippen LogP contribution < -0.4 is 4.74 Å². The maximum Gasteiger partial charge on any atom is 0.338 e. The highest BCUT2D eigenvalue weighted by molar-refractivity contribution is 5.91. The number of methoxy groups -OCH3 is 1. The molecule has 0 radical (unpaired) electrons. The van der Waals surface area contributed by atoms with Gasteiger partial charge in [-0.25, -0.2) is 4.79 Å². The summed E-state index contributed by atoms with van der Waals surface area (Å²) in [7, 11) is 1.54. The van der Waals surface area contributed by atoms with E-state index >= 15 is 0 Å². The quantitative estimate of drug-likeness (QED) is 0.325. The third kappa shape index (κ3) is 5.40. The highest BCUT2D eigenvalue weighted by Crippen LogP contribution is 2.23. The molecule has 0 saturated heterocycles. The Kier molecular flexibility index (Phi) is 6.82. The number of carbonyl (C=O) groups excluding carboxylic acids is 1. The van der Waals surface area contributed by atoms with Gasteiger partial charge in [-0.1, -0.05) is 24.0 Å². The average molecular weight is 382 g/mol. The number of hydrogen-bond donors (Lipinski definition) is 0. The summed E-state index contributed by atoms with van der Waals surface area (Å²) < 4.78 is 10.1. The molecule has 0 bridgehead atoms. The molecule has 0 spiro atoms. The standard InChI is InChI=1S/C19H14N2O7/c1-27-18-9-5-4-8-14(18)7-3-2-6-10-28-19(22)15-11-16(20(23)24)13-17(12-15)21(25)26/h2,4-6,8-9,11-13H,10H2,1H3/b6-2+. The van der Waals surface area contributed by atoms with E-state index in [4.69, 9.17) is 9.47 Å². The van der Waals surface area contributed by atoms with E-state index in [1.54, 1.807) is 12.1 Å². The minimum Gasteiger partial charge on any atom is -0.495 e. The summed E-state index contributed by atoms with van der Waals surface area (Å²) in [4.78, 5) is 32.0. The van der Waals surface area contributed by atoms with E-state index in [9.17, 15) is 25.0 Å². The molecule has 2 aromatic rings. The number of nitrogens with zero attached hydrogens (tertiary/aromatic N) is 2. The van der Waals surface area contributed by atoms with Crippen molar-refractivity contribution >= 4 is 17.3 Å². The van der Waals surface area contributed by atoms with E-state index in [0.29, 0.717) is 11.3 Å². The van der Waals surface area contributed by atoms with Gasteiger partial charge in [-0.2, -0.15) is 0 Å². The van der Waals surface area contributed by atoms with E-state index in [-0.39, 0.29) is 12.2 Å². The molecule has 0 aromatic heterocycles. The molecule has 0 unspecified atom stereocenters. The van der Waals surface area contributed by atoms with Crippen LogP contribution in [0.5, 0.6) is 5.75 Å². The smallest absolute Gasteiger partial charge is 0.338 e. The molecule has 28 heavy (non-hydrogen) atoms. The first-order chi connectivity index (χ1) is 13.4. The van der Waals surface area contributed by atoms with E-state index in [2.05, 4.69) is 11.8 Å². The lowest BCUT2D eigenvalue weighted by atomic mass is 10.2. The van der Waals surface area contributed by atoms with Crippen LogP contribution in [0.2, 0.25) is 0 Å². The van der Waals surface area contributed by atoms with Crippen LogP contribution in [0.25, 0.3) is 0 Å². The first-order valence-electron chi connectivity index (χ1n) is 7.83. The van der Waals surface area contributed by atoms with Gasteiger partial charge in [-0.15, -0.1) is 0 Å². The maximum absolute atomic E-state index is 12.0. The number of hydrogen-bond acceptors (Lipinski definition) is 7. The molecule has 0 N–H and O–H groups in total. The Balaban J connectivity index is 2.01. The second kappa shape index (κ2) is 9.49. The minimum atomic E-state index is -0.922. The molecule has 0 saturated carbocycles. The van der Waals surface area contributed by atoms with Gasteiger partial charge in [0.1, 0.15) is 12.4 Å². The number of allylic oxidation sites excluding steroid dienone is 1. The number of esters is 1. The molecule has 0 aliphatic heterocycles. The van der Waals surface area contributed by atoms with Crippen LogP contribution in [-0.2, 0) is 4.74 Å². The minimum absolute atomic E-state index is 0.157. The Morgan fingerprint density at radius 2 is 1.75 bits per heavy atom. The highest BCUT2D eigenvalue weighted by atomic mass is 16.6. The van der Waals surface area contributed by atoms with Gasteiger partial charge in [-0.05, 0) is 24.3 Å². The zero-order chi connectivity index (χ0) is 20.5. The highest BCUT2D eigenvalue weighted by Gasteiger charge is 2.20. The molecular weight excluding hydrogens is 368 g/mol. The van der Waals surface area contributed by atoms with Gasteiger partial charge in [0.2, 0.25) is 0 Å². The average Bonchev–Trinajstić information content (AvgIpc) is 2.70. The van der Waals surface area contributed by atoms with Gasteiger partial charge in [0.15, 0.2) is 0 Å². The summed E-state index contributed by atoms with van der Waals surface area (Å²) in [5.41, 5.74) is -0.733. The van der Waals surface area contributed by atoms with Crippen LogP contribution in [0.4, 0.5) is 11.4 Å². The first-order valence-corrected chi connectivity index (χ1v) is 7.83. The Bertz CT molecular complexity index is 971. The maximum atomic E-state index is 12.0. The number of nitro benzene ring substituents is 2. The third-order valence-corrected chi connectivity index (χ3v) is 3.39. The Morgan fingerprint density at radius 1 is 1.11 bits per heavy atom. The van der Waals surface area contributed by atoms with Crippen molar-refractivity contribution in [2.24, 2.45) is 0 Å². The van der Waals surface area contributed by atoms with Gasteiger partial charge in [0.25, 0.3) is 11.4 Å². The van der Waals surface area contributed by atoms with Crippen molar-refractivity contribution in [3.05, 3.63) is 86.0 Å². The number of nitro groups is 2. The molecule has 9 heteroatoms. The van der Waals surface area contributed by atoms with Crippen molar-refractivity contribution in [3.8, 4) is 17.6 Å². The lowest BCUT2D eigenvalue weighted by molar-refractivity contribution is -0.394. The number of para-hydroxylation sites is 1. The fraction of sp³-hybridized carbons (Fsp3) is 0.105. The second-order valence-electron chi connectivity index (χ2n) is 5.22. The van der Waals surface area contributed by atoms with Gasteiger partial charge >= 0.3 is 5.97 Å². The summed E-state index contributed by atoms with van der Waals surface area (Å²) in [5, 5.41) is 21.7. The van der Waals surface area contributed by atoms with Crippen LogP contribution in [0.1, 0.15) is 15.9 Å². The SMILES string of the molecule is COc1ccccc1C#C/C=C/COC(=O)c1cc([N+](=O)[O-])cc([N+](=O)[O-])c1. The van der Waals surface area contributed by atoms with Gasteiger partial charge in [0.05, 0.1) is 34.1 Å². The van der Waals surface area contributed by atoms with Gasteiger partial charge in [-0.3, -0.25) is 20.2 Å².